The summed E-state index contributed by atoms with van der Waals surface area (Å²) in [7, 11) is 0. The predicted molar refractivity (Wildman–Crippen MR) is 113 cm³/mol. The number of aromatic hydroxyl groups is 1. The Hall–Kier alpha value is -2.06. The quantitative estimate of drug-likeness (QED) is 0.589. The summed E-state index contributed by atoms with van der Waals surface area (Å²) in [5.41, 5.74) is 4.50. The Balaban J connectivity index is 1.48. The van der Waals surface area contributed by atoms with E-state index in [1.165, 1.54) is 11.1 Å². The number of phenols is 1. The van der Waals surface area contributed by atoms with Crippen LogP contribution in [-0.4, -0.2) is 10.9 Å². The lowest BCUT2D eigenvalue weighted by atomic mass is 9.55. The zero-order valence-electron chi connectivity index (χ0n) is 16.1. The Labute approximate surface area is 171 Å². The van der Waals surface area contributed by atoms with Gasteiger partial charge in [0.1, 0.15) is 5.75 Å². The number of halogens is 1. The molecule has 2 saturated carbocycles. The fourth-order valence-electron chi connectivity index (χ4n) is 6.13. The molecule has 2 aromatic rings. The molecule has 1 N–H and O–H groups in total. The number of fused-ring (bicyclic) bond motifs is 5. The maximum absolute atomic E-state index is 13.4. The third-order valence-electron chi connectivity index (χ3n) is 7.56. The number of Topliss-reactive ketones (excluding diaryl/α,β-unsaturated/α-hetero) is 1. The van der Waals surface area contributed by atoms with Gasteiger partial charge < -0.3 is 5.11 Å². The summed E-state index contributed by atoms with van der Waals surface area (Å²) < 4.78 is 0. The Morgan fingerprint density at radius 1 is 1.14 bits per heavy atom. The highest BCUT2D eigenvalue weighted by Gasteiger charge is 2.56. The minimum atomic E-state index is -0.228. The molecule has 2 aromatic carbocycles. The number of rotatable bonds is 1. The van der Waals surface area contributed by atoms with E-state index in [1.807, 2.05) is 36.4 Å². The molecule has 4 atom stereocenters. The van der Waals surface area contributed by atoms with Crippen molar-refractivity contribution >= 4 is 23.5 Å². The van der Waals surface area contributed by atoms with Gasteiger partial charge in [-0.05, 0) is 102 Å². The number of phenolic OH excluding ortho intramolecular Hbond substituents is 1. The van der Waals surface area contributed by atoms with Gasteiger partial charge in [0.05, 0.1) is 0 Å². The third-order valence-corrected chi connectivity index (χ3v) is 7.81. The van der Waals surface area contributed by atoms with Crippen molar-refractivity contribution < 1.29 is 9.90 Å². The van der Waals surface area contributed by atoms with Gasteiger partial charge in [-0.2, -0.15) is 0 Å². The van der Waals surface area contributed by atoms with Crippen LogP contribution in [0.5, 0.6) is 5.75 Å². The summed E-state index contributed by atoms with van der Waals surface area (Å²) >= 11 is 6.00. The van der Waals surface area contributed by atoms with Gasteiger partial charge in [-0.1, -0.05) is 36.7 Å². The van der Waals surface area contributed by atoms with Gasteiger partial charge in [0.15, 0.2) is 5.78 Å². The first-order chi connectivity index (χ1) is 13.5. The fourth-order valence-corrected chi connectivity index (χ4v) is 6.25. The molecule has 144 valence electrons. The van der Waals surface area contributed by atoms with Crippen molar-refractivity contribution in [3.05, 3.63) is 69.8 Å². The number of carbonyl (C=O) groups excluding carboxylic acids is 1. The van der Waals surface area contributed by atoms with E-state index in [0.717, 1.165) is 48.3 Å². The fraction of sp³-hybridized carbons (Fsp3) is 0.400. The molecule has 0 unspecified atom stereocenters. The SMILES string of the molecule is C[C@]12CC[C@@H]3c4ccc(O)cc4CC[C@@H]3[C@@H]1C/C(=C\c1ccc(Cl)cc1)C2=O. The first-order valence-electron chi connectivity index (χ1n) is 10.3. The van der Waals surface area contributed by atoms with Crippen LogP contribution in [0.15, 0.2) is 48.0 Å². The molecule has 3 aliphatic rings. The van der Waals surface area contributed by atoms with Crippen LogP contribution in [-0.2, 0) is 11.2 Å². The molecule has 2 fully saturated rings. The standard InChI is InChI=1S/C25H25ClO2/c1-25-11-10-21-20-9-7-19(27)13-16(20)4-8-22(21)23(25)14-17(24(25)28)12-15-2-5-18(26)6-3-15/h2-3,5-7,9,12-13,21-23,27H,4,8,10-11,14H2,1H3/b17-12+/t21-,22+,23+,25+/m1/s1. The van der Waals surface area contributed by atoms with E-state index in [9.17, 15) is 9.90 Å². The number of aryl methyl sites for hydroxylation is 1. The second-order valence-corrected chi connectivity index (χ2v) is 9.45. The van der Waals surface area contributed by atoms with Crippen molar-refractivity contribution in [3.8, 4) is 5.75 Å². The zero-order valence-corrected chi connectivity index (χ0v) is 16.9. The number of hydrogen-bond acceptors (Lipinski definition) is 2. The molecule has 0 spiro atoms. The lowest BCUT2D eigenvalue weighted by Crippen LogP contribution is -2.42. The van der Waals surface area contributed by atoms with Gasteiger partial charge in [0, 0.05) is 10.4 Å². The average Bonchev–Trinajstić information content (AvgIpc) is 2.94. The van der Waals surface area contributed by atoms with Crippen molar-refractivity contribution in [2.75, 3.05) is 0 Å². The summed E-state index contributed by atoms with van der Waals surface area (Å²) in [5.74, 6) is 2.20. The number of hydrogen-bond donors (Lipinski definition) is 1. The van der Waals surface area contributed by atoms with Crippen molar-refractivity contribution in [3.63, 3.8) is 0 Å². The van der Waals surface area contributed by atoms with Crippen LogP contribution < -0.4 is 0 Å². The van der Waals surface area contributed by atoms with Gasteiger partial charge in [-0.15, -0.1) is 0 Å². The molecule has 5 rings (SSSR count). The average molecular weight is 393 g/mol. The van der Waals surface area contributed by atoms with Crippen LogP contribution in [0.2, 0.25) is 5.02 Å². The lowest BCUT2D eigenvalue weighted by Gasteiger charge is -2.48. The van der Waals surface area contributed by atoms with E-state index in [2.05, 4.69) is 19.1 Å². The Morgan fingerprint density at radius 2 is 1.93 bits per heavy atom. The van der Waals surface area contributed by atoms with Crippen LogP contribution in [0.1, 0.15) is 55.2 Å². The van der Waals surface area contributed by atoms with Crippen LogP contribution in [0.3, 0.4) is 0 Å². The summed E-state index contributed by atoms with van der Waals surface area (Å²) in [5, 5.41) is 10.6. The minimum Gasteiger partial charge on any atom is -0.508 e. The van der Waals surface area contributed by atoms with E-state index in [1.54, 1.807) is 0 Å². The molecule has 0 heterocycles. The van der Waals surface area contributed by atoms with Crippen molar-refractivity contribution in [2.24, 2.45) is 17.3 Å². The van der Waals surface area contributed by atoms with Gasteiger partial charge in [0.2, 0.25) is 0 Å². The monoisotopic (exact) mass is 392 g/mol. The predicted octanol–water partition coefficient (Wildman–Crippen LogP) is 6.16. The highest BCUT2D eigenvalue weighted by atomic mass is 35.5. The van der Waals surface area contributed by atoms with Crippen molar-refractivity contribution in [2.45, 2.75) is 44.9 Å². The molecule has 0 aliphatic heterocycles. The lowest BCUT2D eigenvalue weighted by molar-refractivity contribution is -0.127. The Morgan fingerprint density at radius 3 is 2.71 bits per heavy atom. The molecule has 0 bridgehead atoms. The largest absolute Gasteiger partial charge is 0.508 e. The van der Waals surface area contributed by atoms with E-state index >= 15 is 0 Å². The number of benzene rings is 2. The smallest absolute Gasteiger partial charge is 0.165 e. The van der Waals surface area contributed by atoms with Crippen LogP contribution >= 0.6 is 11.6 Å². The minimum absolute atomic E-state index is 0.228. The molecule has 0 aromatic heterocycles. The zero-order chi connectivity index (χ0) is 19.5. The van der Waals surface area contributed by atoms with E-state index in [-0.39, 0.29) is 5.41 Å². The molecule has 3 heteroatoms. The van der Waals surface area contributed by atoms with Gasteiger partial charge in [-0.3, -0.25) is 4.79 Å². The van der Waals surface area contributed by atoms with Gasteiger partial charge in [-0.25, -0.2) is 0 Å². The maximum atomic E-state index is 13.4. The van der Waals surface area contributed by atoms with E-state index in [0.29, 0.717) is 29.3 Å². The van der Waals surface area contributed by atoms with E-state index in [4.69, 9.17) is 11.6 Å². The number of allylic oxidation sites excluding steroid dienone is 1. The first-order valence-corrected chi connectivity index (χ1v) is 10.7. The van der Waals surface area contributed by atoms with Crippen LogP contribution in [0, 0.1) is 17.3 Å². The third kappa shape index (κ3) is 2.73. The molecular formula is C25H25ClO2. The van der Waals surface area contributed by atoms with Crippen LogP contribution in [0.25, 0.3) is 6.08 Å². The maximum Gasteiger partial charge on any atom is 0.165 e. The summed E-state index contributed by atoms with van der Waals surface area (Å²) in [6, 6.07) is 13.6. The van der Waals surface area contributed by atoms with Crippen molar-refractivity contribution in [1.82, 2.24) is 0 Å². The van der Waals surface area contributed by atoms with Gasteiger partial charge >= 0.3 is 0 Å². The molecular weight excluding hydrogens is 368 g/mol. The molecule has 28 heavy (non-hydrogen) atoms. The molecule has 0 radical (unpaired) electrons. The summed E-state index contributed by atoms with van der Waals surface area (Å²) in [4.78, 5) is 13.4. The second kappa shape index (κ2) is 6.49. The first kappa shape index (κ1) is 18.0. The Kier molecular flexibility index (Phi) is 4.17. The molecule has 2 nitrogen and oxygen atoms in total. The van der Waals surface area contributed by atoms with E-state index < -0.39 is 0 Å². The summed E-state index contributed by atoms with van der Waals surface area (Å²) in [6.45, 7) is 2.20. The van der Waals surface area contributed by atoms with Gasteiger partial charge in [0.25, 0.3) is 0 Å². The molecule has 0 amide bonds. The summed E-state index contributed by atoms with van der Waals surface area (Å²) in [6.07, 6.45) is 7.09. The van der Waals surface area contributed by atoms with Crippen LogP contribution in [0.4, 0.5) is 0 Å². The second-order valence-electron chi connectivity index (χ2n) is 9.01. The number of carbonyl (C=O) groups is 1. The highest BCUT2D eigenvalue weighted by Crippen LogP contribution is 2.60. The molecule has 0 saturated heterocycles. The number of ketones is 1. The topological polar surface area (TPSA) is 37.3 Å². The van der Waals surface area contributed by atoms with Crippen molar-refractivity contribution in [1.29, 1.82) is 0 Å². The Bertz CT molecular complexity index is 975. The normalized spacial score (nSPS) is 32.7. The molecule has 3 aliphatic carbocycles. The highest BCUT2D eigenvalue weighted by molar-refractivity contribution is 6.30.